The fourth-order valence-electron chi connectivity index (χ4n) is 1.87. The van der Waals surface area contributed by atoms with E-state index in [0.717, 1.165) is 6.42 Å². The molecule has 0 amide bonds. The van der Waals surface area contributed by atoms with Crippen molar-refractivity contribution in [1.29, 1.82) is 0 Å². The molecule has 2 heterocycles. The van der Waals surface area contributed by atoms with Gasteiger partial charge in [0.15, 0.2) is 5.82 Å². The number of fused-ring (bicyclic) bond motifs is 1. The number of nitrogens with zero attached hydrogens (tertiary/aromatic N) is 3. The fourth-order valence-corrected chi connectivity index (χ4v) is 1.87. The first kappa shape index (κ1) is 9.95. The predicted octanol–water partition coefficient (Wildman–Crippen LogP) is 0.830. The van der Waals surface area contributed by atoms with E-state index < -0.39 is 5.97 Å². The molecule has 0 aromatic carbocycles. The monoisotopic (exact) mass is 210 g/mol. The van der Waals surface area contributed by atoms with Gasteiger partial charge in [-0.05, 0) is 20.3 Å². The Morgan fingerprint density at radius 1 is 1.60 bits per heavy atom. The Bertz CT molecular complexity index is 387. The molecule has 0 spiro atoms. The fraction of sp³-hybridized carbons (Fsp3) is 0.667. The standard InChI is InChI=1S/C9H14N4O2/c1-5-4-6(2)13-8(10-5)7(11-12-13)9(14)15-3/h5-6,10H,4H2,1-3H3. The first-order valence-electron chi connectivity index (χ1n) is 4.93. The second kappa shape index (κ2) is 3.52. The topological polar surface area (TPSA) is 69.0 Å². The second-order valence-corrected chi connectivity index (χ2v) is 3.85. The van der Waals surface area contributed by atoms with Gasteiger partial charge in [0.25, 0.3) is 0 Å². The van der Waals surface area contributed by atoms with E-state index in [1.807, 2.05) is 0 Å². The molecule has 0 aliphatic carbocycles. The SMILES string of the molecule is COC(=O)c1nnn2c1NC(C)CC2C. The number of hydrogen-bond acceptors (Lipinski definition) is 5. The van der Waals surface area contributed by atoms with Crippen LogP contribution in [0.15, 0.2) is 0 Å². The van der Waals surface area contributed by atoms with Crippen LogP contribution in [0.2, 0.25) is 0 Å². The summed E-state index contributed by atoms with van der Waals surface area (Å²) in [5, 5.41) is 11.0. The summed E-state index contributed by atoms with van der Waals surface area (Å²) in [7, 11) is 1.34. The van der Waals surface area contributed by atoms with Crippen molar-refractivity contribution in [3.05, 3.63) is 5.69 Å². The summed E-state index contributed by atoms with van der Waals surface area (Å²) < 4.78 is 6.36. The van der Waals surface area contributed by atoms with Crippen LogP contribution >= 0.6 is 0 Å². The minimum absolute atomic E-state index is 0.252. The van der Waals surface area contributed by atoms with Gasteiger partial charge in [0, 0.05) is 6.04 Å². The smallest absolute Gasteiger partial charge is 0.362 e. The Morgan fingerprint density at radius 3 is 3.00 bits per heavy atom. The van der Waals surface area contributed by atoms with Crippen LogP contribution in [0, 0.1) is 0 Å². The molecule has 2 rings (SSSR count). The van der Waals surface area contributed by atoms with Crippen molar-refractivity contribution in [2.24, 2.45) is 0 Å². The van der Waals surface area contributed by atoms with Crippen molar-refractivity contribution in [2.75, 3.05) is 12.4 Å². The second-order valence-electron chi connectivity index (χ2n) is 3.85. The Morgan fingerprint density at radius 2 is 2.33 bits per heavy atom. The van der Waals surface area contributed by atoms with Gasteiger partial charge in [0.05, 0.1) is 13.2 Å². The van der Waals surface area contributed by atoms with E-state index in [2.05, 4.69) is 34.2 Å². The molecule has 1 N–H and O–H groups in total. The lowest BCUT2D eigenvalue weighted by Gasteiger charge is -2.27. The molecular formula is C9H14N4O2. The van der Waals surface area contributed by atoms with Crippen LogP contribution in [0.1, 0.15) is 36.8 Å². The van der Waals surface area contributed by atoms with E-state index in [4.69, 9.17) is 0 Å². The predicted molar refractivity (Wildman–Crippen MR) is 53.8 cm³/mol. The zero-order chi connectivity index (χ0) is 11.0. The molecule has 1 aromatic heterocycles. The summed E-state index contributed by atoms with van der Waals surface area (Å²) in [4.78, 5) is 11.4. The third-order valence-corrected chi connectivity index (χ3v) is 2.57. The molecule has 0 saturated heterocycles. The number of methoxy groups -OCH3 is 1. The zero-order valence-electron chi connectivity index (χ0n) is 9.02. The third-order valence-electron chi connectivity index (χ3n) is 2.57. The van der Waals surface area contributed by atoms with Crippen LogP contribution in [-0.4, -0.2) is 34.1 Å². The molecule has 1 aliphatic heterocycles. The Kier molecular flexibility index (Phi) is 2.34. The number of rotatable bonds is 1. The molecule has 15 heavy (non-hydrogen) atoms. The highest BCUT2D eigenvalue weighted by atomic mass is 16.5. The maximum atomic E-state index is 11.4. The van der Waals surface area contributed by atoms with Gasteiger partial charge in [-0.25, -0.2) is 9.48 Å². The molecule has 0 saturated carbocycles. The molecular weight excluding hydrogens is 196 g/mol. The van der Waals surface area contributed by atoms with Crippen molar-refractivity contribution in [3.63, 3.8) is 0 Å². The lowest BCUT2D eigenvalue weighted by Crippen LogP contribution is -2.29. The number of carbonyl (C=O) groups is 1. The molecule has 0 fully saturated rings. The first-order valence-corrected chi connectivity index (χ1v) is 4.93. The minimum atomic E-state index is -0.454. The van der Waals surface area contributed by atoms with Gasteiger partial charge < -0.3 is 10.1 Å². The van der Waals surface area contributed by atoms with Crippen molar-refractivity contribution >= 4 is 11.8 Å². The van der Waals surface area contributed by atoms with Crippen molar-refractivity contribution < 1.29 is 9.53 Å². The molecule has 1 aromatic rings. The number of hydrogen-bond donors (Lipinski definition) is 1. The Labute approximate surface area is 87.6 Å². The highest BCUT2D eigenvalue weighted by Gasteiger charge is 2.28. The number of nitrogens with one attached hydrogen (secondary N) is 1. The lowest BCUT2D eigenvalue weighted by atomic mass is 10.1. The van der Waals surface area contributed by atoms with Gasteiger partial charge in [-0.3, -0.25) is 0 Å². The van der Waals surface area contributed by atoms with E-state index in [1.165, 1.54) is 7.11 Å². The van der Waals surface area contributed by atoms with Crippen LogP contribution in [0.25, 0.3) is 0 Å². The zero-order valence-corrected chi connectivity index (χ0v) is 9.02. The highest BCUT2D eigenvalue weighted by Crippen LogP contribution is 2.27. The average molecular weight is 210 g/mol. The summed E-state index contributed by atoms with van der Waals surface area (Å²) in [6, 6.07) is 0.566. The molecule has 2 atom stereocenters. The van der Waals surface area contributed by atoms with E-state index in [0.29, 0.717) is 11.9 Å². The Balaban J connectivity index is 2.41. The van der Waals surface area contributed by atoms with E-state index in [1.54, 1.807) is 4.68 Å². The summed E-state index contributed by atoms with van der Waals surface area (Å²) in [5.74, 6) is 0.207. The number of esters is 1. The first-order chi connectivity index (χ1) is 7.13. The van der Waals surface area contributed by atoms with Crippen LogP contribution < -0.4 is 5.32 Å². The highest BCUT2D eigenvalue weighted by molar-refractivity contribution is 5.92. The van der Waals surface area contributed by atoms with Gasteiger partial charge in [-0.1, -0.05) is 5.21 Å². The van der Waals surface area contributed by atoms with Crippen LogP contribution in [0.5, 0.6) is 0 Å². The van der Waals surface area contributed by atoms with Gasteiger partial charge in [-0.15, -0.1) is 5.10 Å². The van der Waals surface area contributed by atoms with Gasteiger partial charge in [-0.2, -0.15) is 0 Å². The maximum Gasteiger partial charge on any atom is 0.362 e. The molecule has 0 bridgehead atoms. The third kappa shape index (κ3) is 1.55. The quantitative estimate of drug-likeness (QED) is 0.695. The van der Waals surface area contributed by atoms with Crippen molar-refractivity contribution in [1.82, 2.24) is 15.0 Å². The van der Waals surface area contributed by atoms with Gasteiger partial charge in [0.2, 0.25) is 5.69 Å². The maximum absolute atomic E-state index is 11.4. The number of carbonyl (C=O) groups excluding carboxylic acids is 1. The number of ether oxygens (including phenoxy) is 1. The number of anilines is 1. The summed E-state index contributed by atoms with van der Waals surface area (Å²) in [5.41, 5.74) is 0.260. The molecule has 6 nitrogen and oxygen atoms in total. The lowest BCUT2D eigenvalue weighted by molar-refractivity contribution is 0.0595. The molecule has 2 unspecified atom stereocenters. The largest absolute Gasteiger partial charge is 0.464 e. The van der Waals surface area contributed by atoms with Gasteiger partial charge >= 0.3 is 5.97 Å². The average Bonchev–Trinajstić information content (AvgIpc) is 2.60. The molecule has 6 heteroatoms. The summed E-state index contributed by atoms with van der Waals surface area (Å²) in [6.07, 6.45) is 0.969. The summed E-state index contributed by atoms with van der Waals surface area (Å²) in [6.45, 7) is 4.12. The van der Waals surface area contributed by atoms with Crippen LogP contribution in [0.4, 0.5) is 5.82 Å². The van der Waals surface area contributed by atoms with E-state index >= 15 is 0 Å². The Hall–Kier alpha value is -1.59. The van der Waals surface area contributed by atoms with Crippen LogP contribution in [0.3, 0.4) is 0 Å². The molecule has 82 valence electrons. The number of aromatic nitrogens is 3. The van der Waals surface area contributed by atoms with Crippen molar-refractivity contribution in [2.45, 2.75) is 32.4 Å². The summed E-state index contributed by atoms with van der Waals surface area (Å²) >= 11 is 0. The van der Waals surface area contributed by atoms with Crippen LogP contribution in [-0.2, 0) is 4.74 Å². The van der Waals surface area contributed by atoms with E-state index in [9.17, 15) is 4.79 Å². The minimum Gasteiger partial charge on any atom is -0.464 e. The molecule has 0 radical (unpaired) electrons. The normalized spacial score (nSPS) is 24.2. The van der Waals surface area contributed by atoms with Gasteiger partial charge in [0.1, 0.15) is 0 Å². The van der Waals surface area contributed by atoms with Crippen molar-refractivity contribution in [3.8, 4) is 0 Å². The molecule has 1 aliphatic rings. The van der Waals surface area contributed by atoms with E-state index in [-0.39, 0.29) is 11.7 Å².